The summed E-state index contributed by atoms with van der Waals surface area (Å²) in [4.78, 5) is 15.0. The van der Waals surface area contributed by atoms with Gasteiger partial charge in [0.2, 0.25) is 0 Å². The van der Waals surface area contributed by atoms with Crippen molar-refractivity contribution < 1.29 is 4.79 Å². The average molecular weight is 233 g/mol. The number of nitrogens with zero attached hydrogens (tertiary/aromatic N) is 1. The number of thioether (sulfide) groups is 1. The Morgan fingerprint density at radius 2 is 2.06 bits per heavy atom. The summed E-state index contributed by atoms with van der Waals surface area (Å²) in [7, 11) is 2.00. The van der Waals surface area contributed by atoms with E-state index in [1.54, 1.807) is 17.8 Å². The summed E-state index contributed by atoms with van der Waals surface area (Å²) in [6, 6.07) is 8.19. The Labute approximate surface area is 100 Å². The molecular formula is C13H15NOS. The molecule has 2 rings (SSSR count). The largest absolute Gasteiger partial charge is 0.338 e. The maximum Gasteiger partial charge on any atom is 0.160 e. The molecule has 0 fully saturated rings. The molecule has 1 aromatic rings. The first-order valence-corrected chi connectivity index (χ1v) is 6.17. The van der Waals surface area contributed by atoms with Crippen molar-refractivity contribution in [2.45, 2.75) is 18.7 Å². The van der Waals surface area contributed by atoms with Crippen LogP contribution in [0, 0.1) is 5.92 Å². The third-order valence-electron chi connectivity index (χ3n) is 2.61. The summed E-state index contributed by atoms with van der Waals surface area (Å²) >= 11 is 1.66. The quantitative estimate of drug-likeness (QED) is 0.731. The molecule has 0 amide bonds. The first kappa shape index (κ1) is 11.3. The molecule has 0 N–H and O–H groups in total. The van der Waals surface area contributed by atoms with Crippen LogP contribution in [-0.4, -0.2) is 12.8 Å². The predicted octanol–water partition coefficient (Wildman–Crippen LogP) is 3.30. The van der Waals surface area contributed by atoms with E-state index in [9.17, 15) is 4.79 Å². The zero-order valence-electron chi connectivity index (χ0n) is 9.73. The molecule has 0 bridgehead atoms. The van der Waals surface area contributed by atoms with Gasteiger partial charge in [-0.1, -0.05) is 37.7 Å². The number of anilines is 1. The standard InChI is InChI=1S/C13H15NOS/c1-9(2)11(15)8-13-14(3)10-6-4-5-7-12(10)16-13/h4-9H,1-3H3. The van der Waals surface area contributed by atoms with Crippen molar-refractivity contribution in [3.63, 3.8) is 0 Å². The maximum absolute atomic E-state index is 11.7. The van der Waals surface area contributed by atoms with Crippen LogP contribution >= 0.6 is 11.8 Å². The number of allylic oxidation sites excluding steroid dienone is 1. The van der Waals surface area contributed by atoms with Crippen molar-refractivity contribution in [2.24, 2.45) is 5.92 Å². The second-order valence-corrected chi connectivity index (χ2v) is 5.23. The van der Waals surface area contributed by atoms with Gasteiger partial charge in [0.05, 0.1) is 10.7 Å². The van der Waals surface area contributed by atoms with Gasteiger partial charge in [0.25, 0.3) is 0 Å². The van der Waals surface area contributed by atoms with E-state index in [-0.39, 0.29) is 11.7 Å². The summed E-state index contributed by atoms with van der Waals surface area (Å²) in [6.45, 7) is 3.85. The normalized spacial score (nSPS) is 17.0. The third kappa shape index (κ3) is 2.00. The summed E-state index contributed by atoms with van der Waals surface area (Å²) < 4.78 is 0. The molecule has 1 heterocycles. The molecule has 0 saturated carbocycles. The molecule has 0 saturated heterocycles. The van der Waals surface area contributed by atoms with Gasteiger partial charge in [-0.25, -0.2) is 0 Å². The van der Waals surface area contributed by atoms with E-state index >= 15 is 0 Å². The predicted molar refractivity (Wildman–Crippen MR) is 68.6 cm³/mol. The zero-order valence-corrected chi connectivity index (χ0v) is 10.5. The first-order chi connectivity index (χ1) is 7.59. The highest BCUT2D eigenvalue weighted by atomic mass is 32.2. The lowest BCUT2D eigenvalue weighted by molar-refractivity contribution is -0.117. The zero-order chi connectivity index (χ0) is 11.7. The van der Waals surface area contributed by atoms with Gasteiger partial charge >= 0.3 is 0 Å². The fourth-order valence-electron chi connectivity index (χ4n) is 1.54. The summed E-state index contributed by atoms with van der Waals surface area (Å²) in [5.41, 5.74) is 1.18. The molecule has 2 nitrogen and oxygen atoms in total. The molecular weight excluding hydrogens is 218 g/mol. The summed E-state index contributed by atoms with van der Waals surface area (Å²) in [5, 5.41) is 1.01. The number of ketones is 1. The van der Waals surface area contributed by atoms with E-state index in [2.05, 4.69) is 17.0 Å². The second kappa shape index (κ2) is 4.34. The van der Waals surface area contributed by atoms with E-state index in [1.807, 2.05) is 33.0 Å². The molecule has 84 valence electrons. The first-order valence-electron chi connectivity index (χ1n) is 5.35. The maximum atomic E-state index is 11.7. The molecule has 3 heteroatoms. The van der Waals surface area contributed by atoms with E-state index in [1.165, 1.54) is 10.6 Å². The topological polar surface area (TPSA) is 20.3 Å². The number of hydrogen-bond donors (Lipinski definition) is 0. The molecule has 1 aliphatic heterocycles. The van der Waals surface area contributed by atoms with Gasteiger partial charge in [-0.15, -0.1) is 0 Å². The minimum atomic E-state index is 0.0604. The van der Waals surface area contributed by atoms with E-state index in [0.29, 0.717) is 0 Å². The molecule has 0 spiro atoms. The van der Waals surface area contributed by atoms with Crippen LogP contribution in [0.25, 0.3) is 0 Å². The SMILES string of the molecule is CC(C)C(=O)C=C1Sc2ccccc2N1C. The number of carbonyl (C=O) groups excluding carboxylic acids is 1. The summed E-state index contributed by atoms with van der Waals surface area (Å²) in [5.74, 6) is 0.243. The van der Waals surface area contributed by atoms with Crippen molar-refractivity contribution in [3.8, 4) is 0 Å². The molecule has 0 aliphatic carbocycles. The Hall–Kier alpha value is -1.22. The molecule has 0 aromatic heterocycles. The number of benzene rings is 1. The Kier molecular flexibility index (Phi) is 3.06. The van der Waals surface area contributed by atoms with Crippen molar-refractivity contribution in [1.29, 1.82) is 0 Å². The van der Waals surface area contributed by atoms with Crippen LogP contribution < -0.4 is 4.90 Å². The van der Waals surface area contributed by atoms with Gasteiger partial charge in [-0.2, -0.15) is 0 Å². The number of para-hydroxylation sites is 1. The van der Waals surface area contributed by atoms with Crippen molar-refractivity contribution in [3.05, 3.63) is 35.4 Å². The lowest BCUT2D eigenvalue weighted by Crippen LogP contribution is -2.12. The Morgan fingerprint density at radius 3 is 2.69 bits per heavy atom. The van der Waals surface area contributed by atoms with Gasteiger partial charge < -0.3 is 4.90 Å². The molecule has 1 aliphatic rings. The fourth-order valence-corrected chi connectivity index (χ4v) is 2.63. The van der Waals surface area contributed by atoms with E-state index in [4.69, 9.17) is 0 Å². The molecule has 16 heavy (non-hydrogen) atoms. The van der Waals surface area contributed by atoms with Crippen LogP contribution in [0.5, 0.6) is 0 Å². The number of fused-ring (bicyclic) bond motifs is 1. The minimum absolute atomic E-state index is 0.0604. The molecule has 1 aromatic carbocycles. The van der Waals surface area contributed by atoms with Gasteiger partial charge in [0.15, 0.2) is 5.78 Å². The average Bonchev–Trinajstić information content (AvgIpc) is 2.56. The highest BCUT2D eigenvalue weighted by Crippen LogP contribution is 2.44. The smallest absolute Gasteiger partial charge is 0.160 e. The Bertz CT molecular complexity index is 451. The van der Waals surface area contributed by atoms with Gasteiger partial charge in [0.1, 0.15) is 0 Å². The lowest BCUT2D eigenvalue weighted by atomic mass is 10.1. The second-order valence-electron chi connectivity index (χ2n) is 4.17. The molecule has 0 radical (unpaired) electrons. The van der Waals surface area contributed by atoms with Gasteiger partial charge in [-0.3, -0.25) is 4.79 Å². The van der Waals surface area contributed by atoms with Crippen LogP contribution in [0.3, 0.4) is 0 Å². The van der Waals surface area contributed by atoms with Gasteiger partial charge in [0, 0.05) is 23.9 Å². The Balaban J connectivity index is 2.28. The number of carbonyl (C=O) groups is 1. The van der Waals surface area contributed by atoms with Crippen molar-refractivity contribution >= 4 is 23.2 Å². The van der Waals surface area contributed by atoms with Crippen LogP contribution in [0.15, 0.2) is 40.3 Å². The third-order valence-corrected chi connectivity index (χ3v) is 3.77. The number of hydrogen-bond acceptors (Lipinski definition) is 3. The minimum Gasteiger partial charge on any atom is -0.338 e. The highest BCUT2D eigenvalue weighted by molar-refractivity contribution is 8.03. The lowest BCUT2D eigenvalue weighted by Gasteiger charge is -2.13. The van der Waals surface area contributed by atoms with Crippen molar-refractivity contribution in [1.82, 2.24) is 0 Å². The molecule has 0 unspecified atom stereocenters. The van der Waals surface area contributed by atoms with Crippen LogP contribution in [0.1, 0.15) is 13.8 Å². The van der Waals surface area contributed by atoms with Gasteiger partial charge in [-0.05, 0) is 12.1 Å². The van der Waals surface area contributed by atoms with Crippen molar-refractivity contribution in [2.75, 3.05) is 11.9 Å². The number of rotatable bonds is 2. The fraction of sp³-hybridized carbons (Fsp3) is 0.308. The Morgan fingerprint density at radius 1 is 1.38 bits per heavy atom. The van der Waals surface area contributed by atoms with E-state index < -0.39 is 0 Å². The van der Waals surface area contributed by atoms with Crippen LogP contribution in [-0.2, 0) is 4.79 Å². The van der Waals surface area contributed by atoms with Crippen LogP contribution in [0.2, 0.25) is 0 Å². The van der Waals surface area contributed by atoms with E-state index in [0.717, 1.165) is 5.03 Å². The summed E-state index contributed by atoms with van der Waals surface area (Å²) in [6.07, 6.45) is 1.75. The highest BCUT2D eigenvalue weighted by Gasteiger charge is 2.22. The van der Waals surface area contributed by atoms with Crippen LogP contribution in [0.4, 0.5) is 5.69 Å². The monoisotopic (exact) mass is 233 g/mol. The molecule has 0 atom stereocenters.